The summed E-state index contributed by atoms with van der Waals surface area (Å²) in [5.41, 5.74) is 0. The van der Waals surface area contributed by atoms with Crippen LogP contribution < -0.4 is 5.32 Å². The molecule has 1 rings (SSSR count). The fraction of sp³-hybridized carbons (Fsp3) is 0.556. The van der Waals surface area contributed by atoms with Crippen molar-refractivity contribution in [2.75, 3.05) is 19.8 Å². The van der Waals surface area contributed by atoms with Crippen LogP contribution in [-0.2, 0) is 0 Å². The molecule has 4 heteroatoms. The summed E-state index contributed by atoms with van der Waals surface area (Å²) in [6.07, 6.45) is 3.98. The Hall–Kier alpha value is -1.34. The number of rotatable bonds is 3. The standard InChI is InChI=1S/C9H14N4/c1-2-9(12-5-3-4-10)13-7-6-11-8-13/h2,5,11H,3,6-8H2,1H3/b9-2+,12-5-. The second-order valence-electron chi connectivity index (χ2n) is 2.74. The topological polar surface area (TPSA) is 51.4 Å². The van der Waals surface area contributed by atoms with E-state index in [4.69, 9.17) is 5.26 Å². The fourth-order valence-electron chi connectivity index (χ4n) is 1.22. The minimum absolute atomic E-state index is 0.374. The largest absolute Gasteiger partial charge is 0.343 e. The Balaban J connectivity index is 2.48. The van der Waals surface area contributed by atoms with E-state index in [1.54, 1.807) is 6.21 Å². The van der Waals surface area contributed by atoms with Gasteiger partial charge < -0.3 is 4.90 Å². The number of hydrogen-bond donors (Lipinski definition) is 1. The maximum Gasteiger partial charge on any atom is 0.124 e. The molecule has 1 saturated heterocycles. The first-order valence-corrected chi connectivity index (χ1v) is 4.40. The Labute approximate surface area is 78.6 Å². The van der Waals surface area contributed by atoms with E-state index >= 15 is 0 Å². The summed E-state index contributed by atoms with van der Waals surface area (Å²) < 4.78 is 0. The average molecular weight is 178 g/mol. The van der Waals surface area contributed by atoms with Gasteiger partial charge in [0.05, 0.1) is 19.2 Å². The summed E-state index contributed by atoms with van der Waals surface area (Å²) >= 11 is 0. The molecule has 1 heterocycles. The van der Waals surface area contributed by atoms with E-state index in [1.165, 1.54) is 0 Å². The molecule has 0 aromatic rings. The maximum absolute atomic E-state index is 8.33. The van der Waals surface area contributed by atoms with E-state index in [0.29, 0.717) is 6.42 Å². The predicted molar refractivity (Wildman–Crippen MR) is 52.1 cm³/mol. The number of nitriles is 1. The van der Waals surface area contributed by atoms with E-state index in [9.17, 15) is 0 Å². The molecular weight excluding hydrogens is 164 g/mol. The second-order valence-corrected chi connectivity index (χ2v) is 2.74. The van der Waals surface area contributed by atoms with Crippen LogP contribution in [0.5, 0.6) is 0 Å². The van der Waals surface area contributed by atoms with Crippen LogP contribution in [0.2, 0.25) is 0 Å². The predicted octanol–water partition coefficient (Wildman–Crippen LogP) is 0.695. The van der Waals surface area contributed by atoms with E-state index < -0.39 is 0 Å². The molecule has 1 aliphatic rings. The lowest BCUT2D eigenvalue weighted by atomic mass is 10.5. The van der Waals surface area contributed by atoms with Gasteiger partial charge in [-0.05, 0) is 13.0 Å². The fourth-order valence-corrected chi connectivity index (χ4v) is 1.22. The van der Waals surface area contributed by atoms with Crippen molar-refractivity contribution >= 4 is 6.21 Å². The van der Waals surface area contributed by atoms with Crippen LogP contribution in [0.15, 0.2) is 16.9 Å². The van der Waals surface area contributed by atoms with Crippen LogP contribution in [0.1, 0.15) is 13.3 Å². The Morgan fingerprint density at radius 2 is 2.62 bits per heavy atom. The molecule has 0 radical (unpaired) electrons. The highest BCUT2D eigenvalue weighted by atomic mass is 15.3. The van der Waals surface area contributed by atoms with E-state index in [-0.39, 0.29) is 0 Å². The van der Waals surface area contributed by atoms with Gasteiger partial charge in [-0.1, -0.05) is 0 Å². The lowest BCUT2D eigenvalue weighted by Crippen LogP contribution is -2.20. The summed E-state index contributed by atoms with van der Waals surface area (Å²) in [5.74, 6) is 0.945. The SMILES string of the molecule is C/C=C(\N=C/CC#N)N1CCNC1. The first kappa shape index (κ1) is 9.75. The highest BCUT2D eigenvalue weighted by molar-refractivity contribution is 5.61. The number of hydrogen-bond acceptors (Lipinski definition) is 4. The maximum atomic E-state index is 8.33. The van der Waals surface area contributed by atoms with Crippen LogP contribution in [-0.4, -0.2) is 30.9 Å². The highest BCUT2D eigenvalue weighted by Gasteiger charge is 2.11. The zero-order valence-electron chi connectivity index (χ0n) is 7.82. The van der Waals surface area contributed by atoms with Crippen molar-refractivity contribution in [2.45, 2.75) is 13.3 Å². The van der Waals surface area contributed by atoms with E-state index in [1.807, 2.05) is 19.1 Å². The van der Waals surface area contributed by atoms with Crippen LogP contribution >= 0.6 is 0 Å². The van der Waals surface area contributed by atoms with Crippen LogP contribution in [0, 0.1) is 11.3 Å². The molecule has 0 unspecified atom stereocenters. The Kier molecular flexibility index (Phi) is 4.00. The van der Waals surface area contributed by atoms with Crippen LogP contribution in [0.3, 0.4) is 0 Å². The van der Waals surface area contributed by atoms with Crippen molar-refractivity contribution in [1.29, 1.82) is 5.26 Å². The summed E-state index contributed by atoms with van der Waals surface area (Å²) in [6, 6.07) is 2.03. The minimum atomic E-state index is 0.374. The van der Waals surface area contributed by atoms with Gasteiger partial charge >= 0.3 is 0 Å². The molecule has 0 bridgehead atoms. The van der Waals surface area contributed by atoms with Gasteiger partial charge in [0.25, 0.3) is 0 Å². The first-order valence-electron chi connectivity index (χ1n) is 4.40. The summed E-state index contributed by atoms with van der Waals surface area (Å²) in [6.45, 7) is 4.80. The summed E-state index contributed by atoms with van der Waals surface area (Å²) in [5, 5.41) is 11.6. The van der Waals surface area contributed by atoms with Crippen molar-refractivity contribution in [3.05, 3.63) is 11.9 Å². The van der Waals surface area contributed by atoms with Gasteiger partial charge in [-0.3, -0.25) is 5.32 Å². The first-order chi connectivity index (χ1) is 6.38. The van der Waals surface area contributed by atoms with Gasteiger partial charge in [0.1, 0.15) is 5.82 Å². The van der Waals surface area contributed by atoms with Gasteiger partial charge in [-0.25, -0.2) is 4.99 Å². The lowest BCUT2D eigenvalue weighted by Gasteiger charge is -2.15. The van der Waals surface area contributed by atoms with Crippen molar-refractivity contribution in [2.24, 2.45) is 4.99 Å². The van der Waals surface area contributed by atoms with Crippen molar-refractivity contribution in [3.8, 4) is 6.07 Å². The molecule has 1 aliphatic heterocycles. The Morgan fingerprint density at radius 3 is 3.15 bits per heavy atom. The Morgan fingerprint density at radius 1 is 1.77 bits per heavy atom. The zero-order valence-corrected chi connectivity index (χ0v) is 7.82. The van der Waals surface area contributed by atoms with Crippen LogP contribution in [0.25, 0.3) is 0 Å². The molecule has 0 aromatic heterocycles. The van der Waals surface area contributed by atoms with E-state index in [0.717, 1.165) is 25.6 Å². The van der Waals surface area contributed by atoms with Crippen LogP contribution in [0.4, 0.5) is 0 Å². The number of allylic oxidation sites excluding steroid dienone is 1. The monoisotopic (exact) mass is 178 g/mol. The molecule has 0 aromatic carbocycles. The van der Waals surface area contributed by atoms with Gasteiger partial charge in [-0.15, -0.1) is 0 Å². The van der Waals surface area contributed by atoms with Crippen molar-refractivity contribution < 1.29 is 0 Å². The molecule has 13 heavy (non-hydrogen) atoms. The molecule has 0 amide bonds. The van der Waals surface area contributed by atoms with Gasteiger partial charge in [-0.2, -0.15) is 5.26 Å². The summed E-state index contributed by atoms with van der Waals surface area (Å²) in [4.78, 5) is 6.36. The van der Waals surface area contributed by atoms with Gasteiger partial charge in [0.2, 0.25) is 0 Å². The molecule has 1 N–H and O–H groups in total. The molecule has 0 aliphatic carbocycles. The van der Waals surface area contributed by atoms with Gasteiger partial charge in [0.15, 0.2) is 0 Å². The summed E-state index contributed by atoms with van der Waals surface area (Å²) in [7, 11) is 0. The van der Waals surface area contributed by atoms with Crippen molar-refractivity contribution in [3.63, 3.8) is 0 Å². The number of aliphatic imine (C=N–C) groups is 1. The smallest absolute Gasteiger partial charge is 0.124 e. The third-order valence-corrected chi connectivity index (χ3v) is 1.85. The third kappa shape index (κ3) is 2.88. The molecule has 4 nitrogen and oxygen atoms in total. The van der Waals surface area contributed by atoms with Gasteiger partial charge in [0, 0.05) is 19.3 Å². The quantitative estimate of drug-likeness (QED) is 0.647. The molecule has 0 saturated carbocycles. The van der Waals surface area contributed by atoms with Crippen molar-refractivity contribution in [1.82, 2.24) is 10.2 Å². The molecule has 70 valence electrons. The lowest BCUT2D eigenvalue weighted by molar-refractivity contribution is 0.416. The number of nitrogens with zero attached hydrogens (tertiary/aromatic N) is 3. The number of nitrogens with one attached hydrogen (secondary N) is 1. The molecule has 0 spiro atoms. The average Bonchev–Trinajstić information content (AvgIpc) is 2.65. The third-order valence-electron chi connectivity index (χ3n) is 1.85. The Bertz CT molecular complexity index is 243. The normalized spacial score (nSPS) is 18.2. The molecule has 0 atom stereocenters. The second kappa shape index (κ2) is 5.33. The minimum Gasteiger partial charge on any atom is -0.343 e. The highest BCUT2D eigenvalue weighted by Crippen LogP contribution is 2.06. The van der Waals surface area contributed by atoms with E-state index in [2.05, 4.69) is 15.2 Å². The molecular formula is C9H14N4. The zero-order chi connectivity index (χ0) is 9.52. The molecule has 1 fully saturated rings.